The van der Waals surface area contributed by atoms with E-state index in [1.165, 1.54) is 0 Å². The van der Waals surface area contributed by atoms with Crippen molar-refractivity contribution in [1.29, 1.82) is 0 Å². The van der Waals surface area contributed by atoms with Gasteiger partial charge in [0.05, 0.1) is 5.69 Å². The Bertz CT molecular complexity index is 695. The van der Waals surface area contributed by atoms with Crippen molar-refractivity contribution in [2.45, 2.75) is 6.92 Å². The number of benzene rings is 1. The minimum Gasteiger partial charge on any atom is -0.242 e. The fourth-order valence-electron chi connectivity index (χ4n) is 1.88. The molecule has 3 rings (SSSR count). The second-order valence-electron chi connectivity index (χ2n) is 4.14. The van der Waals surface area contributed by atoms with Crippen LogP contribution in [0.4, 0.5) is 0 Å². The molecule has 0 aliphatic rings. The second-order valence-corrected chi connectivity index (χ2v) is 4.14. The quantitative estimate of drug-likeness (QED) is 0.699. The van der Waals surface area contributed by atoms with Crippen molar-refractivity contribution in [3.8, 4) is 22.6 Å². The van der Waals surface area contributed by atoms with Crippen LogP contribution >= 0.6 is 0 Å². The molecule has 0 amide bonds. The van der Waals surface area contributed by atoms with Gasteiger partial charge in [-0.05, 0) is 25.1 Å². The largest absolute Gasteiger partial charge is 0.242 e. The summed E-state index contributed by atoms with van der Waals surface area (Å²) in [5.41, 5.74) is 2.93. The first-order valence-corrected chi connectivity index (χ1v) is 6.00. The molecular formula is C15H12N4. The maximum absolute atomic E-state index is 4.43. The topological polar surface area (TPSA) is 51.6 Å². The molecule has 2 aromatic heterocycles. The first-order chi connectivity index (χ1) is 9.33. The van der Waals surface area contributed by atoms with Gasteiger partial charge in [0.25, 0.3) is 0 Å². The lowest BCUT2D eigenvalue weighted by molar-refractivity contribution is 1.06. The maximum atomic E-state index is 4.43. The van der Waals surface area contributed by atoms with Crippen molar-refractivity contribution < 1.29 is 0 Å². The van der Waals surface area contributed by atoms with E-state index < -0.39 is 0 Å². The molecular weight excluding hydrogens is 236 g/mol. The Morgan fingerprint density at radius 1 is 0.789 bits per heavy atom. The van der Waals surface area contributed by atoms with E-state index in [4.69, 9.17) is 0 Å². The Morgan fingerprint density at radius 3 is 2.37 bits per heavy atom. The minimum atomic E-state index is 0.718. The van der Waals surface area contributed by atoms with Crippen LogP contribution in [0.5, 0.6) is 0 Å². The number of hydrogen-bond donors (Lipinski definition) is 0. The molecule has 0 radical (unpaired) electrons. The Hall–Kier alpha value is -2.62. The van der Waals surface area contributed by atoms with Crippen LogP contribution in [0.15, 0.2) is 55.0 Å². The molecule has 0 atom stereocenters. The molecule has 4 nitrogen and oxygen atoms in total. The van der Waals surface area contributed by atoms with Crippen molar-refractivity contribution >= 4 is 0 Å². The van der Waals surface area contributed by atoms with Gasteiger partial charge in [-0.2, -0.15) is 0 Å². The number of nitrogens with zero attached hydrogens (tertiary/aromatic N) is 4. The molecule has 3 aromatic rings. The van der Waals surface area contributed by atoms with E-state index in [0.29, 0.717) is 0 Å². The summed E-state index contributed by atoms with van der Waals surface area (Å²) in [4.78, 5) is 17.1. The first kappa shape index (κ1) is 11.5. The van der Waals surface area contributed by atoms with Crippen molar-refractivity contribution in [3.05, 3.63) is 60.8 Å². The molecule has 92 valence electrons. The lowest BCUT2D eigenvalue weighted by Gasteiger charge is -2.04. The monoisotopic (exact) mass is 248 g/mol. The highest BCUT2D eigenvalue weighted by Crippen LogP contribution is 2.22. The number of aromatic nitrogens is 4. The predicted octanol–water partition coefficient (Wildman–Crippen LogP) is 2.91. The Balaban J connectivity index is 2.06. The van der Waals surface area contributed by atoms with Gasteiger partial charge in [0.1, 0.15) is 5.82 Å². The van der Waals surface area contributed by atoms with Gasteiger partial charge in [-0.3, -0.25) is 0 Å². The zero-order valence-electron chi connectivity index (χ0n) is 10.5. The van der Waals surface area contributed by atoms with Crippen molar-refractivity contribution in [2.24, 2.45) is 0 Å². The van der Waals surface area contributed by atoms with E-state index in [2.05, 4.69) is 19.9 Å². The summed E-state index contributed by atoms with van der Waals surface area (Å²) in [6, 6.07) is 11.7. The van der Waals surface area contributed by atoms with Crippen molar-refractivity contribution in [3.63, 3.8) is 0 Å². The maximum Gasteiger partial charge on any atom is 0.159 e. The summed E-state index contributed by atoms with van der Waals surface area (Å²) in [5.74, 6) is 1.48. The fourth-order valence-corrected chi connectivity index (χ4v) is 1.88. The van der Waals surface area contributed by atoms with Gasteiger partial charge in [-0.15, -0.1) is 0 Å². The van der Waals surface area contributed by atoms with Gasteiger partial charge >= 0.3 is 0 Å². The van der Waals surface area contributed by atoms with Gasteiger partial charge < -0.3 is 0 Å². The Labute approximate surface area is 111 Å². The first-order valence-electron chi connectivity index (χ1n) is 6.00. The van der Waals surface area contributed by atoms with Gasteiger partial charge in [0.2, 0.25) is 0 Å². The van der Waals surface area contributed by atoms with Crippen LogP contribution in [0.2, 0.25) is 0 Å². The van der Waals surface area contributed by atoms with Crippen LogP contribution in [0.25, 0.3) is 22.6 Å². The molecule has 0 N–H and O–H groups in total. The van der Waals surface area contributed by atoms with E-state index in [1.54, 1.807) is 24.7 Å². The molecule has 0 aliphatic heterocycles. The van der Waals surface area contributed by atoms with Gasteiger partial charge in [0, 0.05) is 29.7 Å². The van der Waals surface area contributed by atoms with E-state index in [-0.39, 0.29) is 0 Å². The third kappa shape index (κ3) is 2.47. The normalized spacial score (nSPS) is 10.4. The average Bonchev–Trinajstić information content (AvgIpc) is 2.48. The molecule has 0 saturated heterocycles. The van der Waals surface area contributed by atoms with Crippen molar-refractivity contribution in [1.82, 2.24) is 19.9 Å². The third-order valence-electron chi connectivity index (χ3n) is 2.76. The summed E-state index contributed by atoms with van der Waals surface area (Å²) >= 11 is 0. The van der Waals surface area contributed by atoms with E-state index in [0.717, 1.165) is 28.5 Å². The summed E-state index contributed by atoms with van der Waals surface area (Å²) in [6.07, 6.45) is 5.25. The molecule has 4 heteroatoms. The second kappa shape index (κ2) is 4.94. The standard InChI is InChI=1S/C15H12N4/c1-11-16-9-6-14(19-11)12-4-2-5-13(10-12)15-17-7-3-8-18-15/h2-10H,1H3. The number of hydrogen-bond acceptors (Lipinski definition) is 4. The highest BCUT2D eigenvalue weighted by molar-refractivity contribution is 5.67. The van der Waals surface area contributed by atoms with Crippen LogP contribution in [-0.4, -0.2) is 19.9 Å². The average molecular weight is 248 g/mol. The number of aryl methyl sites for hydroxylation is 1. The Morgan fingerprint density at radius 2 is 1.58 bits per heavy atom. The summed E-state index contributed by atoms with van der Waals surface area (Å²) in [6.45, 7) is 1.88. The lowest BCUT2D eigenvalue weighted by atomic mass is 10.1. The molecule has 19 heavy (non-hydrogen) atoms. The molecule has 0 unspecified atom stereocenters. The van der Waals surface area contributed by atoms with Crippen LogP contribution in [0.1, 0.15) is 5.82 Å². The molecule has 0 fully saturated rings. The predicted molar refractivity (Wildman–Crippen MR) is 73.2 cm³/mol. The van der Waals surface area contributed by atoms with Crippen LogP contribution in [-0.2, 0) is 0 Å². The molecule has 0 saturated carbocycles. The molecule has 0 spiro atoms. The SMILES string of the molecule is Cc1nccc(-c2cccc(-c3ncccn3)c2)n1. The van der Waals surface area contributed by atoms with Gasteiger partial charge in [0.15, 0.2) is 5.82 Å². The summed E-state index contributed by atoms with van der Waals surface area (Å²) in [7, 11) is 0. The zero-order valence-corrected chi connectivity index (χ0v) is 10.5. The van der Waals surface area contributed by atoms with Crippen LogP contribution in [0.3, 0.4) is 0 Å². The van der Waals surface area contributed by atoms with Crippen molar-refractivity contribution in [2.75, 3.05) is 0 Å². The van der Waals surface area contributed by atoms with Crippen LogP contribution in [0, 0.1) is 6.92 Å². The lowest BCUT2D eigenvalue weighted by Crippen LogP contribution is -1.91. The smallest absolute Gasteiger partial charge is 0.159 e. The van der Waals surface area contributed by atoms with Crippen LogP contribution < -0.4 is 0 Å². The van der Waals surface area contributed by atoms with Gasteiger partial charge in [-0.25, -0.2) is 19.9 Å². The molecule has 2 heterocycles. The Kier molecular flexibility index (Phi) is 2.98. The van der Waals surface area contributed by atoms with E-state index in [9.17, 15) is 0 Å². The molecule has 1 aromatic carbocycles. The summed E-state index contributed by atoms with van der Waals surface area (Å²) in [5, 5.41) is 0. The highest BCUT2D eigenvalue weighted by Gasteiger charge is 2.04. The minimum absolute atomic E-state index is 0.718. The van der Waals surface area contributed by atoms with Gasteiger partial charge in [-0.1, -0.05) is 18.2 Å². The fraction of sp³-hybridized carbons (Fsp3) is 0.0667. The van der Waals surface area contributed by atoms with E-state index >= 15 is 0 Å². The van der Waals surface area contributed by atoms with E-state index in [1.807, 2.05) is 37.3 Å². The molecule has 0 bridgehead atoms. The highest BCUT2D eigenvalue weighted by atomic mass is 14.9. The molecule has 0 aliphatic carbocycles. The zero-order chi connectivity index (χ0) is 13.1. The number of rotatable bonds is 2. The summed E-state index contributed by atoms with van der Waals surface area (Å²) < 4.78 is 0. The third-order valence-corrected chi connectivity index (χ3v) is 2.76.